The van der Waals surface area contributed by atoms with Crippen molar-refractivity contribution in [2.45, 2.75) is 84.2 Å². The molecule has 3 aliphatic rings. The van der Waals surface area contributed by atoms with Crippen molar-refractivity contribution in [3.05, 3.63) is 47.5 Å². The largest absolute Gasteiger partial charge is 0.472 e. The van der Waals surface area contributed by atoms with Gasteiger partial charge in [0.25, 0.3) is 0 Å². The smallest absolute Gasteiger partial charge is 0.334 e. The van der Waals surface area contributed by atoms with E-state index < -0.39 is 25.3 Å². The molecule has 0 saturated carbocycles. The minimum atomic E-state index is -1.94. The summed E-state index contributed by atoms with van der Waals surface area (Å²) >= 11 is 0. The van der Waals surface area contributed by atoms with Crippen molar-refractivity contribution in [2.24, 2.45) is 16.7 Å². The Bertz CT molecular complexity index is 983. The van der Waals surface area contributed by atoms with Gasteiger partial charge in [0.1, 0.15) is 6.10 Å². The van der Waals surface area contributed by atoms with Gasteiger partial charge in [-0.05, 0) is 43.5 Å². The zero-order chi connectivity index (χ0) is 24.7. The van der Waals surface area contributed by atoms with E-state index in [1.807, 2.05) is 18.2 Å². The van der Waals surface area contributed by atoms with Crippen LogP contribution >= 0.6 is 0 Å². The molecule has 0 N–H and O–H groups in total. The SMILES string of the molecule is CC[Si](CC)(CC)O[C@H]1CC=C(C(=O)OC)[C@]2(C)CC=C3C(=O)O[C@H](c4ccoc4)C[C@]3(C)[C@@H]12. The molecule has 4 rings (SSSR count). The molecular weight excluding hydrogens is 448 g/mol. The second kappa shape index (κ2) is 9.15. The van der Waals surface area contributed by atoms with Crippen molar-refractivity contribution in [1.82, 2.24) is 0 Å². The number of rotatable bonds is 7. The van der Waals surface area contributed by atoms with Crippen LogP contribution < -0.4 is 0 Å². The summed E-state index contributed by atoms with van der Waals surface area (Å²) in [4.78, 5) is 26.2. The fraction of sp³-hybridized carbons (Fsp3) is 0.630. The minimum absolute atomic E-state index is 0.0575. The number of furan rings is 1. The van der Waals surface area contributed by atoms with E-state index in [2.05, 4.69) is 34.6 Å². The van der Waals surface area contributed by atoms with E-state index in [-0.39, 0.29) is 24.0 Å². The van der Waals surface area contributed by atoms with Crippen LogP contribution in [0.3, 0.4) is 0 Å². The number of cyclic esters (lactones) is 1. The number of methoxy groups -OCH3 is 1. The Labute approximate surface area is 203 Å². The molecular formula is C27H38O6Si. The molecule has 5 atom stereocenters. The van der Waals surface area contributed by atoms with Gasteiger partial charge in [-0.1, -0.05) is 46.8 Å². The summed E-state index contributed by atoms with van der Waals surface area (Å²) in [5.74, 6) is -0.626. The molecule has 6 nitrogen and oxygen atoms in total. The van der Waals surface area contributed by atoms with E-state index in [1.54, 1.807) is 12.5 Å². The summed E-state index contributed by atoms with van der Waals surface area (Å²) in [7, 11) is -0.508. The van der Waals surface area contributed by atoms with Gasteiger partial charge in [-0.15, -0.1) is 0 Å². The van der Waals surface area contributed by atoms with Gasteiger partial charge in [0.15, 0.2) is 8.32 Å². The van der Waals surface area contributed by atoms with Crippen LogP contribution in [0.25, 0.3) is 0 Å². The Balaban J connectivity index is 1.84. The van der Waals surface area contributed by atoms with E-state index in [0.29, 0.717) is 30.4 Å². The standard InChI is InChI=1S/C27H38O6Si/c1-7-34(8-2,9-3)33-21-11-10-19(24(28)30-6)26(4)14-12-20-25(29)32-22(18-13-15-31-17-18)16-27(20,5)23(21)26/h10,12-13,15,17,21-23H,7-9,11,14,16H2,1-6H3/t21-,22-,23-,26-,27-/m0/s1. The summed E-state index contributed by atoms with van der Waals surface area (Å²) < 4.78 is 23.5. The molecule has 1 aliphatic heterocycles. The Morgan fingerprint density at radius 1 is 1.15 bits per heavy atom. The molecule has 1 fully saturated rings. The third kappa shape index (κ3) is 3.81. The summed E-state index contributed by atoms with van der Waals surface area (Å²) in [5.41, 5.74) is 1.26. The Kier molecular flexibility index (Phi) is 6.73. The molecule has 1 saturated heterocycles. The molecule has 0 spiro atoms. The lowest BCUT2D eigenvalue weighted by Gasteiger charge is -2.59. The molecule has 1 aromatic heterocycles. The minimum Gasteiger partial charge on any atom is -0.472 e. The molecule has 186 valence electrons. The van der Waals surface area contributed by atoms with Gasteiger partial charge in [0.05, 0.1) is 25.7 Å². The van der Waals surface area contributed by atoms with Crippen LogP contribution in [0, 0.1) is 16.7 Å². The molecule has 2 heterocycles. The average molecular weight is 487 g/mol. The molecule has 7 heteroatoms. The molecule has 0 amide bonds. The van der Waals surface area contributed by atoms with Gasteiger partial charge >= 0.3 is 11.9 Å². The van der Waals surface area contributed by atoms with Crippen LogP contribution in [0.1, 0.15) is 65.5 Å². The second-order valence-electron chi connectivity index (χ2n) is 10.5. The zero-order valence-corrected chi connectivity index (χ0v) is 22.3. The quantitative estimate of drug-likeness (QED) is 0.341. The number of allylic oxidation sites excluding steroid dienone is 1. The summed E-state index contributed by atoms with van der Waals surface area (Å²) in [5, 5.41) is 0. The van der Waals surface area contributed by atoms with Crippen molar-refractivity contribution >= 4 is 20.3 Å². The van der Waals surface area contributed by atoms with Gasteiger partial charge in [-0.3, -0.25) is 0 Å². The topological polar surface area (TPSA) is 75.0 Å². The fourth-order valence-electron chi connectivity index (χ4n) is 6.93. The molecule has 0 aromatic carbocycles. The molecule has 34 heavy (non-hydrogen) atoms. The number of hydrogen-bond acceptors (Lipinski definition) is 6. The van der Waals surface area contributed by atoms with Crippen molar-refractivity contribution in [3.8, 4) is 0 Å². The Hall–Kier alpha value is -2.12. The summed E-state index contributed by atoms with van der Waals surface area (Å²) in [6, 6.07) is 5.00. The van der Waals surface area contributed by atoms with Crippen molar-refractivity contribution in [3.63, 3.8) is 0 Å². The Morgan fingerprint density at radius 2 is 1.85 bits per heavy atom. The maximum atomic E-state index is 13.3. The van der Waals surface area contributed by atoms with Crippen molar-refractivity contribution in [2.75, 3.05) is 7.11 Å². The third-order valence-electron chi connectivity index (χ3n) is 8.99. The second-order valence-corrected chi connectivity index (χ2v) is 15.3. The van der Waals surface area contributed by atoms with Crippen LogP contribution in [-0.4, -0.2) is 33.5 Å². The monoisotopic (exact) mass is 486 g/mol. The first kappa shape index (κ1) is 25.0. The van der Waals surface area contributed by atoms with E-state index in [1.165, 1.54) is 7.11 Å². The Morgan fingerprint density at radius 3 is 2.44 bits per heavy atom. The zero-order valence-electron chi connectivity index (χ0n) is 21.3. The van der Waals surface area contributed by atoms with Gasteiger partial charge < -0.3 is 18.3 Å². The number of hydrogen-bond donors (Lipinski definition) is 0. The highest BCUT2D eigenvalue weighted by Gasteiger charge is 2.62. The van der Waals surface area contributed by atoms with Gasteiger partial charge in [0.2, 0.25) is 0 Å². The number of carbonyl (C=O) groups excluding carboxylic acids is 2. The average Bonchev–Trinajstić information content (AvgIpc) is 3.36. The van der Waals surface area contributed by atoms with Gasteiger partial charge in [-0.25, -0.2) is 9.59 Å². The van der Waals surface area contributed by atoms with E-state index in [9.17, 15) is 9.59 Å². The third-order valence-corrected chi connectivity index (χ3v) is 13.7. The summed E-state index contributed by atoms with van der Waals surface area (Å²) in [6.07, 6.45) is 8.66. The normalized spacial score (nSPS) is 33.2. The molecule has 1 aromatic rings. The van der Waals surface area contributed by atoms with Crippen molar-refractivity contribution in [1.29, 1.82) is 0 Å². The fourth-order valence-corrected chi connectivity index (χ4v) is 9.80. The molecule has 0 bridgehead atoms. The predicted molar refractivity (Wildman–Crippen MR) is 131 cm³/mol. The van der Waals surface area contributed by atoms with Gasteiger partial charge in [0, 0.05) is 33.5 Å². The van der Waals surface area contributed by atoms with Crippen LogP contribution in [0.5, 0.6) is 0 Å². The highest BCUT2D eigenvalue weighted by molar-refractivity contribution is 6.73. The first-order chi connectivity index (χ1) is 16.2. The molecule has 0 unspecified atom stereocenters. The lowest BCUT2D eigenvalue weighted by molar-refractivity contribution is -0.161. The maximum Gasteiger partial charge on any atom is 0.334 e. The van der Waals surface area contributed by atoms with Crippen LogP contribution in [0.4, 0.5) is 0 Å². The van der Waals surface area contributed by atoms with E-state index in [4.69, 9.17) is 18.3 Å². The van der Waals surface area contributed by atoms with Gasteiger partial charge in [-0.2, -0.15) is 0 Å². The van der Waals surface area contributed by atoms with Crippen LogP contribution in [0.2, 0.25) is 18.1 Å². The molecule has 2 aliphatic carbocycles. The lowest BCUT2D eigenvalue weighted by Crippen LogP contribution is -2.59. The first-order valence-corrected chi connectivity index (χ1v) is 15.1. The maximum absolute atomic E-state index is 13.3. The predicted octanol–water partition coefficient (Wildman–Crippen LogP) is 6.12. The highest BCUT2D eigenvalue weighted by atomic mass is 28.4. The molecule has 0 radical (unpaired) electrons. The summed E-state index contributed by atoms with van der Waals surface area (Å²) in [6.45, 7) is 11.0. The van der Waals surface area contributed by atoms with Crippen LogP contribution in [-0.2, 0) is 23.5 Å². The number of esters is 2. The van der Waals surface area contributed by atoms with Crippen molar-refractivity contribution < 1.29 is 27.9 Å². The number of fused-ring (bicyclic) bond motifs is 3. The van der Waals surface area contributed by atoms with Crippen LogP contribution in [0.15, 0.2) is 46.3 Å². The van der Waals surface area contributed by atoms with E-state index >= 15 is 0 Å². The lowest BCUT2D eigenvalue weighted by atomic mass is 9.48. The highest BCUT2D eigenvalue weighted by Crippen LogP contribution is 2.63. The first-order valence-electron chi connectivity index (χ1n) is 12.6. The van der Waals surface area contributed by atoms with E-state index in [0.717, 1.165) is 23.7 Å². The number of ether oxygens (including phenoxy) is 2. The number of carbonyl (C=O) groups is 2.